The largest absolute Gasteiger partial charge is 0.366 e. The summed E-state index contributed by atoms with van der Waals surface area (Å²) in [4.78, 5) is 18.3. The van der Waals surface area contributed by atoms with Crippen molar-refractivity contribution in [2.75, 3.05) is 19.6 Å². The first-order valence-electron chi connectivity index (χ1n) is 7.43. The number of benzene rings is 1. The fraction of sp³-hybridized carbons (Fsp3) is 0.375. The molecule has 1 amide bonds. The molecule has 1 saturated heterocycles. The lowest BCUT2D eigenvalue weighted by Gasteiger charge is -2.33. The lowest BCUT2D eigenvalue weighted by molar-refractivity contribution is 0.100. The molecule has 132 valence electrons. The zero-order valence-corrected chi connectivity index (χ0v) is 15.8. The van der Waals surface area contributed by atoms with Crippen LogP contribution in [0.4, 0.5) is 0 Å². The highest BCUT2D eigenvalue weighted by molar-refractivity contribution is 7.13. The van der Waals surface area contributed by atoms with Crippen LogP contribution in [0.2, 0.25) is 0 Å². The predicted octanol–water partition coefficient (Wildman–Crippen LogP) is 2.55. The Morgan fingerprint density at radius 2 is 2.08 bits per heavy atom. The van der Waals surface area contributed by atoms with Gasteiger partial charge in [-0.3, -0.25) is 9.69 Å². The molecule has 1 atom stereocenters. The third-order valence-electron chi connectivity index (χ3n) is 3.97. The molecule has 24 heavy (non-hydrogen) atoms. The van der Waals surface area contributed by atoms with Crippen LogP contribution in [-0.4, -0.2) is 41.5 Å². The molecule has 1 aliphatic rings. The third-order valence-corrected chi connectivity index (χ3v) is 4.91. The molecule has 1 aromatic carbocycles. The van der Waals surface area contributed by atoms with E-state index in [9.17, 15) is 4.79 Å². The Morgan fingerprint density at radius 3 is 2.71 bits per heavy atom. The van der Waals surface area contributed by atoms with Gasteiger partial charge in [-0.25, -0.2) is 4.98 Å². The van der Waals surface area contributed by atoms with E-state index in [4.69, 9.17) is 10.7 Å². The van der Waals surface area contributed by atoms with Crippen LogP contribution in [0.15, 0.2) is 29.6 Å². The second-order valence-electron chi connectivity index (χ2n) is 5.61. The maximum absolute atomic E-state index is 11.1. The highest BCUT2D eigenvalue weighted by Gasteiger charge is 2.19. The minimum atomic E-state index is -0.404. The first-order chi connectivity index (χ1) is 10.6. The Balaban J connectivity index is 0.00000144. The van der Waals surface area contributed by atoms with Gasteiger partial charge in [-0.1, -0.05) is 12.1 Å². The van der Waals surface area contributed by atoms with E-state index in [1.54, 1.807) is 23.5 Å². The van der Waals surface area contributed by atoms with Crippen LogP contribution < -0.4 is 11.1 Å². The predicted molar refractivity (Wildman–Crippen MR) is 103 cm³/mol. The Bertz CT molecular complexity index is 662. The monoisotopic (exact) mass is 388 g/mol. The van der Waals surface area contributed by atoms with Gasteiger partial charge in [0.05, 0.1) is 5.69 Å². The molecule has 2 aromatic rings. The van der Waals surface area contributed by atoms with Gasteiger partial charge in [-0.05, 0) is 19.1 Å². The van der Waals surface area contributed by atoms with Crippen molar-refractivity contribution in [2.45, 2.75) is 19.5 Å². The van der Waals surface area contributed by atoms with Crippen molar-refractivity contribution < 1.29 is 4.79 Å². The van der Waals surface area contributed by atoms with Gasteiger partial charge in [0, 0.05) is 48.7 Å². The van der Waals surface area contributed by atoms with E-state index in [1.807, 2.05) is 12.1 Å². The lowest BCUT2D eigenvalue weighted by atomic mass is 10.1. The maximum Gasteiger partial charge on any atom is 0.248 e. The number of hydrogen-bond acceptors (Lipinski definition) is 5. The van der Waals surface area contributed by atoms with Gasteiger partial charge < -0.3 is 11.1 Å². The quantitative estimate of drug-likeness (QED) is 0.843. The number of nitrogens with two attached hydrogens (primary N) is 1. The summed E-state index contributed by atoms with van der Waals surface area (Å²) in [5.74, 6) is -0.404. The zero-order chi connectivity index (χ0) is 15.5. The number of amides is 1. The molecule has 5 nitrogen and oxygen atoms in total. The number of aromatic nitrogens is 1. The molecule has 3 N–H and O–H groups in total. The third kappa shape index (κ3) is 4.91. The summed E-state index contributed by atoms with van der Waals surface area (Å²) < 4.78 is 0. The van der Waals surface area contributed by atoms with Crippen LogP contribution in [0.1, 0.15) is 23.0 Å². The SMILES string of the molecule is C[C@H]1CNCCN1Cc1csc(-c2ccc(C(N)=O)cc2)n1.Cl.Cl. The maximum atomic E-state index is 11.1. The molecular formula is C16H22Cl2N4OS. The molecule has 0 bridgehead atoms. The summed E-state index contributed by atoms with van der Waals surface area (Å²) in [5, 5.41) is 6.50. The van der Waals surface area contributed by atoms with Crippen LogP contribution >= 0.6 is 36.2 Å². The zero-order valence-electron chi connectivity index (χ0n) is 13.4. The first kappa shape index (κ1) is 20.9. The number of primary amides is 1. The highest BCUT2D eigenvalue weighted by atomic mass is 35.5. The van der Waals surface area contributed by atoms with Gasteiger partial charge in [0.15, 0.2) is 0 Å². The fourth-order valence-electron chi connectivity index (χ4n) is 2.62. The minimum Gasteiger partial charge on any atom is -0.366 e. The van der Waals surface area contributed by atoms with Crippen molar-refractivity contribution in [2.24, 2.45) is 5.73 Å². The van der Waals surface area contributed by atoms with Gasteiger partial charge in [0.2, 0.25) is 5.91 Å². The van der Waals surface area contributed by atoms with Gasteiger partial charge in [-0.15, -0.1) is 36.2 Å². The average molecular weight is 389 g/mol. The summed E-state index contributed by atoms with van der Waals surface area (Å²) in [6, 6.07) is 7.83. The summed E-state index contributed by atoms with van der Waals surface area (Å²) in [6.07, 6.45) is 0. The topological polar surface area (TPSA) is 71.2 Å². The minimum absolute atomic E-state index is 0. The highest BCUT2D eigenvalue weighted by Crippen LogP contribution is 2.25. The summed E-state index contributed by atoms with van der Waals surface area (Å²) >= 11 is 1.64. The molecule has 0 saturated carbocycles. The van der Waals surface area contributed by atoms with Crippen LogP contribution in [0.25, 0.3) is 10.6 Å². The fourth-order valence-corrected chi connectivity index (χ4v) is 3.43. The number of nitrogens with one attached hydrogen (secondary N) is 1. The van der Waals surface area contributed by atoms with Crippen LogP contribution in [0.5, 0.6) is 0 Å². The smallest absolute Gasteiger partial charge is 0.248 e. The average Bonchev–Trinajstić information content (AvgIpc) is 2.98. The van der Waals surface area contributed by atoms with Crippen LogP contribution in [0, 0.1) is 0 Å². The summed E-state index contributed by atoms with van der Waals surface area (Å²) in [6.45, 7) is 6.25. The van der Waals surface area contributed by atoms with Gasteiger partial charge in [0.25, 0.3) is 0 Å². The number of halogens is 2. The molecule has 1 fully saturated rings. The molecule has 0 spiro atoms. The number of carbonyl (C=O) groups excluding carboxylic acids is 1. The number of thiazole rings is 1. The molecule has 0 unspecified atom stereocenters. The molecule has 1 aromatic heterocycles. The van der Waals surface area contributed by atoms with E-state index in [2.05, 4.69) is 22.5 Å². The van der Waals surface area contributed by atoms with E-state index >= 15 is 0 Å². The molecule has 0 aliphatic carbocycles. The normalized spacial score (nSPS) is 17.6. The van der Waals surface area contributed by atoms with Crippen molar-refractivity contribution in [3.8, 4) is 10.6 Å². The molecule has 8 heteroatoms. The van der Waals surface area contributed by atoms with Crippen molar-refractivity contribution in [1.29, 1.82) is 0 Å². The number of nitrogens with zero attached hydrogens (tertiary/aromatic N) is 2. The number of carbonyl (C=O) groups is 1. The van der Waals surface area contributed by atoms with Crippen molar-refractivity contribution >= 4 is 42.1 Å². The first-order valence-corrected chi connectivity index (χ1v) is 8.31. The Labute approximate surface area is 158 Å². The second-order valence-corrected chi connectivity index (χ2v) is 6.47. The van der Waals surface area contributed by atoms with Crippen molar-refractivity contribution in [3.05, 3.63) is 40.9 Å². The van der Waals surface area contributed by atoms with E-state index in [0.717, 1.165) is 42.4 Å². The molecule has 0 radical (unpaired) electrons. The van der Waals surface area contributed by atoms with E-state index in [0.29, 0.717) is 11.6 Å². The standard InChI is InChI=1S/C16H20N4OS.2ClH/c1-11-8-18-6-7-20(11)9-14-10-22-16(19-14)13-4-2-12(3-5-13)15(17)21;;/h2-5,10-11,18H,6-9H2,1H3,(H2,17,21);2*1H/t11-;;/m0../s1. The van der Waals surface area contributed by atoms with E-state index in [1.165, 1.54) is 0 Å². The Kier molecular flexibility index (Phi) is 8.12. The van der Waals surface area contributed by atoms with Gasteiger partial charge in [0.1, 0.15) is 5.01 Å². The lowest BCUT2D eigenvalue weighted by Crippen LogP contribution is -2.49. The summed E-state index contributed by atoms with van der Waals surface area (Å²) in [5.41, 5.74) is 7.91. The Hall–Kier alpha value is -1.18. The second kappa shape index (κ2) is 9.34. The van der Waals surface area contributed by atoms with Crippen LogP contribution in [0.3, 0.4) is 0 Å². The number of hydrogen-bond donors (Lipinski definition) is 2. The summed E-state index contributed by atoms with van der Waals surface area (Å²) in [7, 11) is 0. The van der Waals surface area contributed by atoms with Crippen molar-refractivity contribution in [1.82, 2.24) is 15.2 Å². The molecule has 2 heterocycles. The van der Waals surface area contributed by atoms with E-state index in [-0.39, 0.29) is 24.8 Å². The number of piperazine rings is 1. The van der Waals surface area contributed by atoms with Crippen molar-refractivity contribution in [3.63, 3.8) is 0 Å². The molecular weight excluding hydrogens is 367 g/mol. The number of rotatable bonds is 4. The van der Waals surface area contributed by atoms with Gasteiger partial charge >= 0.3 is 0 Å². The van der Waals surface area contributed by atoms with Gasteiger partial charge in [-0.2, -0.15) is 0 Å². The Morgan fingerprint density at radius 1 is 1.38 bits per heavy atom. The molecule has 3 rings (SSSR count). The molecule has 1 aliphatic heterocycles. The van der Waals surface area contributed by atoms with Crippen LogP contribution in [-0.2, 0) is 6.54 Å². The van der Waals surface area contributed by atoms with E-state index < -0.39 is 5.91 Å².